The van der Waals surface area contributed by atoms with Crippen molar-refractivity contribution in [2.45, 2.75) is 58.1 Å². The number of aliphatic hydroxyl groups is 1. The fourth-order valence-electron chi connectivity index (χ4n) is 4.85. The van der Waals surface area contributed by atoms with Crippen molar-refractivity contribution in [3.8, 4) is 5.75 Å². The summed E-state index contributed by atoms with van der Waals surface area (Å²) < 4.78 is 47.2. The van der Waals surface area contributed by atoms with Crippen LogP contribution in [-0.2, 0) is 6.42 Å². The van der Waals surface area contributed by atoms with E-state index in [0.29, 0.717) is 37.5 Å². The molecule has 1 aliphatic heterocycles. The molecule has 0 saturated heterocycles. The van der Waals surface area contributed by atoms with Gasteiger partial charge in [0.25, 0.3) is 6.43 Å². The van der Waals surface area contributed by atoms with E-state index in [1.54, 1.807) is 13.8 Å². The highest BCUT2D eigenvalue weighted by atomic mass is 19.3. The molecule has 0 fully saturated rings. The minimum Gasteiger partial charge on any atom is -0.492 e. The van der Waals surface area contributed by atoms with E-state index in [1.165, 1.54) is 12.1 Å². The Morgan fingerprint density at radius 3 is 2.71 bits per heavy atom. The molecule has 2 atom stereocenters. The summed E-state index contributed by atoms with van der Waals surface area (Å²) in [4.78, 5) is 9.26. The van der Waals surface area contributed by atoms with E-state index in [0.717, 1.165) is 45.8 Å². The number of hydrogen-bond acceptors (Lipinski definition) is 5. The fraction of sp³-hybridized carbons (Fsp3) is 0.385. The number of rotatable bonds is 5. The molecule has 0 spiro atoms. The molecule has 1 aromatic heterocycles. The van der Waals surface area contributed by atoms with Gasteiger partial charge in [-0.15, -0.1) is 0 Å². The van der Waals surface area contributed by atoms with Crippen molar-refractivity contribution in [3.63, 3.8) is 0 Å². The number of alkyl halides is 2. The summed E-state index contributed by atoms with van der Waals surface area (Å²) >= 11 is 0. The number of anilines is 1. The monoisotopic (exact) mass is 469 g/mol. The Hall–Kier alpha value is -3.13. The van der Waals surface area contributed by atoms with Gasteiger partial charge in [-0.25, -0.2) is 23.1 Å². The Bertz CT molecular complexity index is 1290. The highest BCUT2D eigenvalue weighted by Gasteiger charge is 2.27. The molecular weight excluding hydrogens is 443 g/mol. The summed E-state index contributed by atoms with van der Waals surface area (Å²) in [7, 11) is 0. The Morgan fingerprint density at radius 2 is 1.97 bits per heavy atom. The lowest BCUT2D eigenvalue weighted by Crippen LogP contribution is -2.13. The second-order valence-corrected chi connectivity index (χ2v) is 8.92. The lowest BCUT2D eigenvalue weighted by atomic mass is 9.89. The molecule has 34 heavy (non-hydrogen) atoms. The molecule has 1 unspecified atom stereocenters. The van der Waals surface area contributed by atoms with Crippen molar-refractivity contribution >= 4 is 22.3 Å². The smallest absolute Gasteiger partial charge is 0.266 e. The molecule has 5 nitrogen and oxygen atoms in total. The Labute approximate surface area is 195 Å². The van der Waals surface area contributed by atoms with Crippen LogP contribution in [0.4, 0.5) is 19.0 Å². The molecular formula is C26H26F3N3O2. The van der Waals surface area contributed by atoms with Crippen LogP contribution in [0.1, 0.15) is 66.7 Å². The van der Waals surface area contributed by atoms with Crippen molar-refractivity contribution in [2.75, 3.05) is 11.9 Å². The van der Waals surface area contributed by atoms with Crippen LogP contribution in [-0.4, -0.2) is 27.8 Å². The average molecular weight is 470 g/mol. The standard InChI is InChI=1S/C26H26F3N3O2/c1-13(17-4-3-5-18(22(17)27)25(28)29)30-26-21-12-20(15-6-8-16(33)9-7-15)24-19(10-11-34-24)23(21)31-14(2)32-26/h3-6,12-13,16,25,33H,7-11H2,1-2H3,(H,30,31,32)/t13-,16?/m1/s1. The number of aromatic nitrogens is 2. The van der Waals surface area contributed by atoms with E-state index >= 15 is 0 Å². The van der Waals surface area contributed by atoms with E-state index in [2.05, 4.69) is 15.3 Å². The van der Waals surface area contributed by atoms with Crippen LogP contribution in [0.15, 0.2) is 30.3 Å². The lowest BCUT2D eigenvalue weighted by Gasteiger charge is -2.22. The Morgan fingerprint density at radius 1 is 1.18 bits per heavy atom. The first-order chi connectivity index (χ1) is 16.3. The fourth-order valence-corrected chi connectivity index (χ4v) is 4.85. The van der Waals surface area contributed by atoms with Gasteiger partial charge in [-0.3, -0.25) is 0 Å². The summed E-state index contributed by atoms with van der Waals surface area (Å²) in [5, 5.41) is 13.9. The molecule has 3 aromatic rings. The van der Waals surface area contributed by atoms with Crippen molar-refractivity contribution in [1.29, 1.82) is 0 Å². The van der Waals surface area contributed by atoms with Gasteiger partial charge in [0.2, 0.25) is 0 Å². The quantitative estimate of drug-likeness (QED) is 0.476. The van der Waals surface area contributed by atoms with E-state index in [4.69, 9.17) is 4.74 Å². The summed E-state index contributed by atoms with van der Waals surface area (Å²) in [6, 6.07) is 5.43. The highest BCUT2D eigenvalue weighted by Crippen LogP contribution is 2.43. The third-order valence-electron chi connectivity index (χ3n) is 6.59. The molecule has 0 amide bonds. The number of aryl methyl sites for hydroxylation is 1. The molecule has 0 saturated carbocycles. The maximum absolute atomic E-state index is 14.8. The van der Waals surface area contributed by atoms with Gasteiger partial charge < -0.3 is 15.2 Å². The zero-order valence-corrected chi connectivity index (χ0v) is 19.0. The summed E-state index contributed by atoms with van der Waals surface area (Å²) in [5.41, 5.74) is 3.39. The van der Waals surface area contributed by atoms with E-state index in [9.17, 15) is 18.3 Å². The first kappa shape index (κ1) is 22.7. The summed E-state index contributed by atoms with van der Waals surface area (Å²) in [6.07, 6.45) is 1.56. The molecule has 2 N–H and O–H groups in total. The van der Waals surface area contributed by atoms with Crippen LogP contribution in [0.25, 0.3) is 16.5 Å². The molecule has 5 rings (SSSR count). The van der Waals surface area contributed by atoms with Gasteiger partial charge in [0.1, 0.15) is 23.2 Å². The average Bonchev–Trinajstić information content (AvgIpc) is 3.29. The zero-order chi connectivity index (χ0) is 24.0. The molecule has 2 aliphatic rings. The molecule has 0 bridgehead atoms. The summed E-state index contributed by atoms with van der Waals surface area (Å²) in [6.45, 7) is 4.07. The van der Waals surface area contributed by atoms with Crippen molar-refractivity contribution in [1.82, 2.24) is 9.97 Å². The summed E-state index contributed by atoms with van der Waals surface area (Å²) in [5.74, 6) is 0.978. The van der Waals surface area contributed by atoms with Gasteiger partial charge in [-0.1, -0.05) is 24.3 Å². The normalized spacial score (nSPS) is 18.6. The number of benzene rings is 2. The van der Waals surface area contributed by atoms with Gasteiger partial charge in [0, 0.05) is 28.5 Å². The minimum absolute atomic E-state index is 0.149. The van der Waals surface area contributed by atoms with Crippen molar-refractivity contribution in [2.24, 2.45) is 0 Å². The Kier molecular flexibility index (Phi) is 5.93. The van der Waals surface area contributed by atoms with Crippen LogP contribution >= 0.6 is 0 Å². The van der Waals surface area contributed by atoms with Crippen molar-refractivity contribution in [3.05, 3.63) is 64.2 Å². The first-order valence-corrected chi connectivity index (χ1v) is 11.5. The number of fused-ring (bicyclic) bond motifs is 3. The van der Waals surface area contributed by atoms with Gasteiger partial charge in [0.05, 0.1) is 29.8 Å². The number of halogens is 3. The maximum atomic E-state index is 14.8. The maximum Gasteiger partial charge on any atom is 0.266 e. The van der Waals surface area contributed by atoms with Gasteiger partial charge in [0.15, 0.2) is 0 Å². The van der Waals surface area contributed by atoms with Gasteiger partial charge in [-0.2, -0.15) is 0 Å². The van der Waals surface area contributed by atoms with Crippen molar-refractivity contribution < 1.29 is 23.0 Å². The lowest BCUT2D eigenvalue weighted by molar-refractivity contribution is 0.146. The van der Waals surface area contributed by atoms with Crippen LogP contribution in [0.5, 0.6) is 5.75 Å². The van der Waals surface area contributed by atoms with Crippen LogP contribution in [0.3, 0.4) is 0 Å². The first-order valence-electron chi connectivity index (χ1n) is 11.5. The molecule has 1 aliphatic carbocycles. The predicted octanol–water partition coefficient (Wildman–Crippen LogP) is 6.05. The topological polar surface area (TPSA) is 67.3 Å². The Balaban J connectivity index is 1.61. The largest absolute Gasteiger partial charge is 0.492 e. The zero-order valence-electron chi connectivity index (χ0n) is 19.0. The molecule has 8 heteroatoms. The number of nitrogens with one attached hydrogen (secondary N) is 1. The molecule has 0 radical (unpaired) electrons. The van der Waals surface area contributed by atoms with Gasteiger partial charge in [-0.05, 0) is 44.7 Å². The third-order valence-corrected chi connectivity index (χ3v) is 6.59. The van der Waals surface area contributed by atoms with Crippen LogP contribution in [0.2, 0.25) is 0 Å². The SMILES string of the molecule is Cc1nc(N[C@H](C)c2cccc(C(F)F)c2F)c2cc(C3=CCC(O)CC3)c3c(c2n1)CCO3. The van der Waals surface area contributed by atoms with E-state index in [-0.39, 0.29) is 11.7 Å². The molecule has 178 valence electrons. The number of ether oxygens (including phenoxy) is 1. The van der Waals surface area contributed by atoms with Crippen LogP contribution < -0.4 is 10.1 Å². The third kappa shape index (κ3) is 4.00. The number of nitrogens with zero attached hydrogens (tertiary/aromatic N) is 2. The van der Waals surface area contributed by atoms with E-state index < -0.39 is 23.8 Å². The van der Waals surface area contributed by atoms with Gasteiger partial charge >= 0.3 is 0 Å². The second kappa shape index (κ2) is 8.91. The molecule has 2 heterocycles. The van der Waals surface area contributed by atoms with Crippen LogP contribution in [0, 0.1) is 12.7 Å². The van der Waals surface area contributed by atoms with E-state index in [1.807, 2.05) is 12.1 Å². The predicted molar refractivity (Wildman–Crippen MR) is 125 cm³/mol. The number of aliphatic hydroxyl groups excluding tert-OH is 1. The number of allylic oxidation sites excluding steroid dienone is 1. The number of hydrogen-bond donors (Lipinski definition) is 2. The second-order valence-electron chi connectivity index (χ2n) is 8.92. The highest BCUT2D eigenvalue weighted by molar-refractivity contribution is 5.97. The minimum atomic E-state index is -2.89. The molecule has 2 aromatic carbocycles.